The second-order valence-corrected chi connectivity index (χ2v) is 5.67. The minimum absolute atomic E-state index is 0.194. The molecule has 88 valence electrons. The average molecular weight is 212 g/mol. The van der Waals surface area contributed by atoms with E-state index in [0.29, 0.717) is 6.04 Å². The molecule has 0 radical (unpaired) electrons. The average Bonchev–Trinajstić information content (AvgIpc) is 2.87. The van der Waals surface area contributed by atoms with E-state index < -0.39 is 11.0 Å². The molecule has 1 fully saturated rings. The van der Waals surface area contributed by atoms with Gasteiger partial charge >= 0.3 is 0 Å². The molecule has 1 aliphatic rings. The fourth-order valence-corrected chi connectivity index (χ4v) is 1.59. The Kier molecular flexibility index (Phi) is 3.15. The molecule has 0 bridgehead atoms. The van der Waals surface area contributed by atoms with E-state index >= 15 is 0 Å². The second-order valence-electron chi connectivity index (χ2n) is 5.67. The Morgan fingerprint density at radius 2 is 1.80 bits per heavy atom. The third kappa shape index (κ3) is 2.33. The van der Waals surface area contributed by atoms with Crippen molar-refractivity contribution in [3.63, 3.8) is 0 Å². The molecule has 0 saturated heterocycles. The molecule has 3 nitrogen and oxygen atoms in total. The number of rotatable bonds is 4. The van der Waals surface area contributed by atoms with Crippen LogP contribution in [-0.2, 0) is 4.79 Å². The van der Waals surface area contributed by atoms with Crippen molar-refractivity contribution in [1.29, 1.82) is 0 Å². The van der Waals surface area contributed by atoms with Gasteiger partial charge in [-0.25, -0.2) is 0 Å². The van der Waals surface area contributed by atoms with Crippen LogP contribution >= 0.6 is 0 Å². The van der Waals surface area contributed by atoms with Crippen LogP contribution in [0.15, 0.2) is 0 Å². The molecule has 3 heteroatoms. The van der Waals surface area contributed by atoms with Gasteiger partial charge in [0, 0.05) is 18.1 Å². The standard InChI is InChI=1S/C12H24N2O/c1-6-14(9-7-8-9)10(15)11(2,3)12(4,5)13/h9H,6-8,13H2,1-5H3. The van der Waals surface area contributed by atoms with Gasteiger partial charge in [-0.1, -0.05) is 0 Å². The Labute approximate surface area is 93.0 Å². The third-order valence-electron chi connectivity index (χ3n) is 3.73. The molecular formula is C12H24N2O. The number of carbonyl (C=O) groups excluding carboxylic acids is 1. The summed E-state index contributed by atoms with van der Waals surface area (Å²) in [6, 6.07) is 0.476. The smallest absolute Gasteiger partial charge is 0.230 e. The summed E-state index contributed by atoms with van der Waals surface area (Å²) < 4.78 is 0. The van der Waals surface area contributed by atoms with Gasteiger partial charge < -0.3 is 10.6 Å². The zero-order valence-electron chi connectivity index (χ0n) is 10.6. The first-order valence-corrected chi connectivity index (χ1v) is 5.81. The largest absolute Gasteiger partial charge is 0.339 e. The van der Waals surface area contributed by atoms with Crippen molar-refractivity contribution in [3.8, 4) is 0 Å². The highest BCUT2D eigenvalue weighted by Crippen LogP contribution is 2.35. The molecule has 0 unspecified atom stereocenters. The van der Waals surface area contributed by atoms with E-state index in [-0.39, 0.29) is 5.91 Å². The van der Waals surface area contributed by atoms with Crippen LogP contribution in [0.4, 0.5) is 0 Å². The van der Waals surface area contributed by atoms with E-state index in [1.165, 1.54) is 0 Å². The summed E-state index contributed by atoms with van der Waals surface area (Å²) in [6.07, 6.45) is 2.31. The molecule has 0 aromatic rings. The lowest BCUT2D eigenvalue weighted by Gasteiger charge is -2.40. The van der Waals surface area contributed by atoms with E-state index in [4.69, 9.17) is 5.73 Å². The molecule has 0 atom stereocenters. The summed E-state index contributed by atoms with van der Waals surface area (Å²) in [5.41, 5.74) is 5.11. The summed E-state index contributed by atoms with van der Waals surface area (Å²) in [6.45, 7) is 10.6. The highest BCUT2D eigenvalue weighted by molar-refractivity contribution is 5.84. The first kappa shape index (κ1) is 12.5. The SMILES string of the molecule is CCN(C(=O)C(C)(C)C(C)(C)N)C1CC1. The maximum atomic E-state index is 12.4. The van der Waals surface area contributed by atoms with Crippen LogP contribution < -0.4 is 5.73 Å². The van der Waals surface area contributed by atoms with Crippen LogP contribution in [0.25, 0.3) is 0 Å². The van der Waals surface area contributed by atoms with Crippen LogP contribution in [0.2, 0.25) is 0 Å². The minimum atomic E-state index is -0.494. The molecular weight excluding hydrogens is 188 g/mol. The van der Waals surface area contributed by atoms with Gasteiger partial charge in [-0.15, -0.1) is 0 Å². The maximum absolute atomic E-state index is 12.4. The molecule has 0 aromatic carbocycles. The Morgan fingerprint density at radius 1 is 1.33 bits per heavy atom. The van der Waals surface area contributed by atoms with Gasteiger partial charge in [0.2, 0.25) is 5.91 Å². The first-order chi connectivity index (χ1) is 6.71. The van der Waals surface area contributed by atoms with Crippen molar-refractivity contribution in [2.45, 2.75) is 59.0 Å². The highest BCUT2D eigenvalue weighted by atomic mass is 16.2. The molecule has 0 aromatic heterocycles. The van der Waals surface area contributed by atoms with E-state index in [9.17, 15) is 4.79 Å². The lowest BCUT2D eigenvalue weighted by molar-refractivity contribution is -0.143. The van der Waals surface area contributed by atoms with E-state index in [0.717, 1.165) is 19.4 Å². The van der Waals surface area contributed by atoms with Crippen LogP contribution in [0.1, 0.15) is 47.5 Å². The van der Waals surface area contributed by atoms with Crippen LogP contribution in [0.3, 0.4) is 0 Å². The molecule has 15 heavy (non-hydrogen) atoms. The molecule has 1 rings (SSSR count). The lowest BCUT2D eigenvalue weighted by atomic mass is 9.74. The van der Waals surface area contributed by atoms with E-state index in [1.54, 1.807) is 0 Å². The minimum Gasteiger partial charge on any atom is -0.339 e. The normalized spacial score (nSPS) is 17.7. The quantitative estimate of drug-likeness (QED) is 0.772. The van der Waals surface area contributed by atoms with Gasteiger partial charge in [0.05, 0.1) is 5.41 Å². The molecule has 0 aliphatic heterocycles. The summed E-state index contributed by atoms with van der Waals surface area (Å²) in [7, 11) is 0. The number of nitrogens with zero attached hydrogens (tertiary/aromatic N) is 1. The Hall–Kier alpha value is -0.570. The molecule has 0 heterocycles. The van der Waals surface area contributed by atoms with Crippen molar-refractivity contribution < 1.29 is 4.79 Å². The van der Waals surface area contributed by atoms with E-state index in [1.807, 2.05) is 39.5 Å². The highest BCUT2D eigenvalue weighted by Gasteiger charge is 2.45. The predicted molar refractivity (Wildman–Crippen MR) is 62.5 cm³/mol. The van der Waals surface area contributed by atoms with Crippen LogP contribution in [0.5, 0.6) is 0 Å². The Morgan fingerprint density at radius 3 is 2.07 bits per heavy atom. The summed E-state index contributed by atoms with van der Waals surface area (Å²) in [5.74, 6) is 0.194. The first-order valence-electron chi connectivity index (χ1n) is 5.81. The fraction of sp³-hybridized carbons (Fsp3) is 0.917. The Balaban J connectivity index is 2.81. The monoisotopic (exact) mass is 212 g/mol. The van der Waals surface area contributed by atoms with Gasteiger partial charge in [0.1, 0.15) is 0 Å². The van der Waals surface area contributed by atoms with Crippen molar-refractivity contribution in [2.24, 2.45) is 11.1 Å². The zero-order valence-corrected chi connectivity index (χ0v) is 10.6. The van der Waals surface area contributed by atoms with Gasteiger partial charge in [-0.2, -0.15) is 0 Å². The van der Waals surface area contributed by atoms with Gasteiger partial charge in [0.15, 0.2) is 0 Å². The van der Waals surface area contributed by atoms with Gasteiger partial charge in [0.25, 0.3) is 0 Å². The molecule has 2 N–H and O–H groups in total. The molecule has 1 aliphatic carbocycles. The van der Waals surface area contributed by atoms with Gasteiger partial charge in [-0.05, 0) is 47.5 Å². The van der Waals surface area contributed by atoms with Crippen molar-refractivity contribution in [3.05, 3.63) is 0 Å². The summed E-state index contributed by atoms with van der Waals surface area (Å²) in [4.78, 5) is 14.4. The summed E-state index contributed by atoms with van der Waals surface area (Å²) in [5, 5.41) is 0. The topological polar surface area (TPSA) is 46.3 Å². The summed E-state index contributed by atoms with van der Waals surface area (Å²) >= 11 is 0. The fourth-order valence-electron chi connectivity index (χ4n) is 1.59. The van der Waals surface area contributed by atoms with E-state index in [2.05, 4.69) is 0 Å². The van der Waals surface area contributed by atoms with Crippen molar-refractivity contribution in [2.75, 3.05) is 6.54 Å². The third-order valence-corrected chi connectivity index (χ3v) is 3.73. The number of carbonyl (C=O) groups is 1. The number of amides is 1. The number of hydrogen-bond donors (Lipinski definition) is 1. The predicted octanol–water partition coefficient (Wildman–Crippen LogP) is 1.76. The zero-order chi connectivity index (χ0) is 11.9. The van der Waals surface area contributed by atoms with Crippen LogP contribution in [0, 0.1) is 5.41 Å². The van der Waals surface area contributed by atoms with Gasteiger partial charge in [-0.3, -0.25) is 4.79 Å². The maximum Gasteiger partial charge on any atom is 0.230 e. The van der Waals surface area contributed by atoms with Crippen molar-refractivity contribution in [1.82, 2.24) is 4.90 Å². The second kappa shape index (κ2) is 3.78. The number of hydrogen-bond acceptors (Lipinski definition) is 2. The Bertz CT molecular complexity index is 249. The molecule has 0 spiro atoms. The lowest BCUT2D eigenvalue weighted by Crippen LogP contribution is -2.56. The number of nitrogens with two attached hydrogens (primary N) is 1. The van der Waals surface area contributed by atoms with Crippen LogP contribution in [-0.4, -0.2) is 28.9 Å². The molecule has 1 amide bonds. The molecule has 1 saturated carbocycles. The van der Waals surface area contributed by atoms with Crippen molar-refractivity contribution >= 4 is 5.91 Å².